The van der Waals surface area contributed by atoms with Crippen molar-refractivity contribution in [2.75, 3.05) is 0 Å². The summed E-state index contributed by atoms with van der Waals surface area (Å²) in [4.78, 5) is 35.3. The molecule has 7 nitrogen and oxygen atoms in total. The number of carboxylic acids is 2. The third-order valence-electron chi connectivity index (χ3n) is 3.52. The van der Waals surface area contributed by atoms with Gasteiger partial charge in [-0.15, -0.1) is 0 Å². The van der Waals surface area contributed by atoms with E-state index in [0.717, 1.165) is 5.56 Å². The number of aromatic nitrogens is 3. The Bertz CT molecular complexity index is 986. The predicted molar refractivity (Wildman–Crippen MR) is 89.4 cm³/mol. The number of hydrogen-bond acceptors (Lipinski definition) is 5. The maximum absolute atomic E-state index is 11.4. The Morgan fingerprint density at radius 1 is 0.760 bits per heavy atom. The van der Waals surface area contributed by atoms with E-state index in [1.165, 1.54) is 30.5 Å². The molecule has 0 aliphatic heterocycles. The molecule has 124 valence electrons. The molecule has 0 amide bonds. The first kappa shape index (κ1) is 16.3. The van der Waals surface area contributed by atoms with Crippen molar-refractivity contribution in [2.45, 2.75) is 6.92 Å². The van der Waals surface area contributed by atoms with E-state index >= 15 is 0 Å². The predicted octanol–water partition coefficient (Wildman–Crippen LogP) is 2.91. The van der Waals surface area contributed by atoms with Crippen LogP contribution in [0.1, 0.15) is 26.3 Å². The molecule has 3 aromatic heterocycles. The largest absolute Gasteiger partial charge is 0.478 e. The van der Waals surface area contributed by atoms with Crippen LogP contribution in [0.25, 0.3) is 22.8 Å². The maximum atomic E-state index is 11.4. The molecule has 7 heteroatoms. The Labute approximate surface area is 142 Å². The van der Waals surface area contributed by atoms with Crippen molar-refractivity contribution in [1.82, 2.24) is 15.0 Å². The molecule has 0 fully saturated rings. The number of carboxylic acid groups (broad SMARTS) is 2. The Hall–Kier alpha value is -3.61. The topological polar surface area (TPSA) is 113 Å². The molecular weight excluding hydrogens is 322 g/mol. The summed E-state index contributed by atoms with van der Waals surface area (Å²) in [6.45, 7) is 1.89. The van der Waals surface area contributed by atoms with E-state index in [-0.39, 0.29) is 22.5 Å². The van der Waals surface area contributed by atoms with Crippen molar-refractivity contribution in [1.29, 1.82) is 0 Å². The lowest BCUT2D eigenvalue weighted by atomic mass is 10.1. The van der Waals surface area contributed by atoms with Gasteiger partial charge in [-0.1, -0.05) is 0 Å². The van der Waals surface area contributed by atoms with E-state index in [1.807, 2.05) is 13.0 Å². The summed E-state index contributed by atoms with van der Waals surface area (Å²) in [5, 5.41) is 18.5. The van der Waals surface area contributed by atoms with E-state index in [9.17, 15) is 14.7 Å². The average Bonchev–Trinajstić information content (AvgIpc) is 2.61. The van der Waals surface area contributed by atoms with Crippen molar-refractivity contribution in [2.24, 2.45) is 0 Å². The standard InChI is InChI=1S/C18H13N3O4/c1-10-2-4-19-13(6-10)15-8-12(18(24)25)9-16(21-15)14-7-11(17(22)23)3-5-20-14/h2-9H,1H3,(H,22,23)(H,24,25). The highest BCUT2D eigenvalue weighted by atomic mass is 16.4. The zero-order chi connectivity index (χ0) is 18.0. The van der Waals surface area contributed by atoms with Crippen LogP contribution in [0, 0.1) is 6.92 Å². The summed E-state index contributed by atoms with van der Waals surface area (Å²) < 4.78 is 0. The molecule has 0 aliphatic rings. The van der Waals surface area contributed by atoms with Gasteiger partial charge in [-0.25, -0.2) is 14.6 Å². The number of aromatic carboxylic acids is 2. The molecule has 0 aromatic carbocycles. The molecule has 3 aromatic rings. The molecule has 3 heterocycles. The lowest BCUT2D eigenvalue weighted by Crippen LogP contribution is -2.02. The molecule has 0 saturated heterocycles. The molecule has 0 bridgehead atoms. The van der Waals surface area contributed by atoms with Gasteiger partial charge < -0.3 is 10.2 Å². The molecule has 2 N–H and O–H groups in total. The SMILES string of the molecule is Cc1ccnc(-c2cc(C(=O)O)cc(-c3cc(C(=O)O)ccn3)n2)c1. The summed E-state index contributed by atoms with van der Waals surface area (Å²) >= 11 is 0. The van der Waals surface area contributed by atoms with Gasteiger partial charge in [0.2, 0.25) is 0 Å². The van der Waals surface area contributed by atoms with Gasteiger partial charge in [0.1, 0.15) is 0 Å². The molecule has 25 heavy (non-hydrogen) atoms. The van der Waals surface area contributed by atoms with Crippen LogP contribution in [0.4, 0.5) is 0 Å². The quantitative estimate of drug-likeness (QED) is 0.753. The van der Waals surface area contributed by atoms with E-state index < -0.39 is 11.9 Å². The molecule has 0 atom stereocenters. The first-order valence-electron chi connectivity index (χ1n) is 7.32. The first-order valence-corrected chi connectivity index (χ1v) is 7.32. The number of carbonyl (C=O) groups is 2. The van der Waals surface area contributed by atoms with E-state index in [0.29, 0.717) is 11.4 Å². The fourth-order valence-corrected chi connectivity index (χ4v) is 2.30. The fourth-order valence-electron chi connectivity index (χ4n) is 2.30. The average molecular weight is 335 g/mol. The lowest BCUT2D eigenvalue weighted by molar-refractivity contribution is 0.0686. The van der Waals surface area contributed by atoms with Crippen LogP contribution in [0.15, 0.2) is 48.8 Å². The van der Waals surface area contributed by atoms with Crippen LogP contribution in [-0.2, 0) is 0 Å². The lowest BCUT2D eigenvalue weighted by Gasteiger charge is -2.07. The number of hydrogen-bond donors (Lipinski definition) is 2. The van der Waals surface area contributed by atoms with E-state index in [4.69, 9.17) is 5.11 Å². The van der Waals surface area contributed by atoms with Crippen LogP contribution in [0.2, 0.25) is 0 Å². The summed E-state index contributed by atoms with van der Waals surface area (Å²) in [5.41, 5.74) is 2.46. The normalized spacial score (nSPS) is 10.4. The number of rotatable bonds is 4. The van der Waals surface area contributed by atoms with Crippen molar-refractivity contribution in [3.8, 4) is 22.8 Å². The molecule has 0 aliphatic carbocycles. The summed E-state index contributed by atoms with van der Waals surface area (Å²) in [7, 11) is 0. The molecule has 0 radical (unpaired) electrons. The monoisotopic (exact) mass is 335 g/mol. The van der Waals surface area contributed by atoms with Crippen LogP contribution < -0.4 is 0 Å². The first-order chi connectivity index (χ1) is 11.9. The zero-order valence-electron chi connectivity index (χ0n) is 13.2. The van der Waals surface area contributed by atoms with Gasteiger partial charge in [0, 0.05) is 12.4 Å². The fraction of sp³-hybridized carbons (Fsp3) is 0.0556. The van der Waals surface area contributed by atoms with Crippen molar-refractivity contribution < 1.29 is 19.8 Å². The highest BCUT2D eigenvalue weighted by molar-refractivity contribution is 5.91. The minimum atomic E-state index is -1.12. The summed E-state index contributed by atoms with van der Waals surface area (Å²) in [6.07, 6.45) is 2.96. The van der Waals surface area contributed by atoms with Crippen LogP contribution in [0.3, 0.4) is 0 Å². The highest BCUT2D eigenvalue weighted by Gasteiger charge is 2.14. The minimum Gasteiger partial charge on any atom is -0.478 e. The van der Waals surface area contributed by atoms with Crippen molar-refractivity contribution >= 4 is 11.9 Å². The molecule has 3 rings (SSSR count). The van der Waals surface area contributed by atoms with Gasteiger partial charge in [-0.05, 0) is 48.9 Å². The van der Waals surface area contributed by atoms with Crippen molar-refractivity contribution in [3.63, 3.8) is 0 Å². The van der Waals surface area contributed by atoms with Crippen molar-refractivity contribution in [3.05, 3.63) is 65.5 Å². The third-order valence-corrected chi connectivity index (χ3v) is 3.52. The smallest absolute Gasteiger partial charge is 0.335 e. The van der Waals surface area contributed by atoms with E-state index in [1.54, 1.807) is 12.3 Å². The maximum Gasteiger partial charge on any atom is 0.335 e. The van der Waals surface area contributed by atoms with Gasteiger partial charge >= 0.3 is 11.9 Å². The Morgan fingerprint density at radius 2 is 1.28 bits per heavy atom. The number of nitrogens with zero attached hydrogens (tertiary/aromatic N) is 3. The van der Waals surface area contributed by atoms with Crippen LogP contribution in [0.5, 0.6) is 0 Å². The Morgan fingerprint density at radius 3 is 1.84 bits per heavy atom. The van der Waals surface area contributed by atoms with Gasteiger partial charge in [-0.3, -0.25) is 9.97 Å². The second kappa shape index (κ2) is 6.48. The molecule has 0 saturated carbocycles. The third kappa shape index (κ3) is 3.50. The Kier molecular flexibility index (Phi) is 4.21. The van der Waals surface area contributed by atoms with Crippen LogP contribution in [-0.4, -0.2) is 37.1 Å². The molecular formula is C18H13N3O4. The van der Waals surface area contributed by atoms with E-state index in [2.05, 4.69) is 15.0 Å². The van der Waals surface area contributed by atoms with Gasteiger partial charge in [0.25, 0.3) is 0 Å². The number of aryl methyl sites for hydroxylation is 1. The highest BCUT2D eigenvalue weighted by Crippen LogP contribution is 2.24. The van der Waals surface area contributed by atoms with Gasteiger partial charge in [0.15, 0.2) is 0 Å². The zero-order valence-corrected chi connectivity index (χ0v) is 13.2. The van der Waals surface area contributed by atoms with Gasteiger partial charge in [0.05, 0.1) is 33.9 Å². The minimum absolute atomic E-state index is 0.0193. The second-order valence-corrected chi connectivity index (χ2v) is 5.38. The van der Waals surface area contributed by atoms with Gasteiger partial charge in [-0.2, -0.15) is 0 Å². The van der Waals surface area contributed by atoms with Crippen LogP contribution >= 0.6 is 0 Å². The molecule has 0 spiro atoms. The number of pyridine rings is 3. The summed E-state index contributed by atoms with van der Waals surface area (Å²) in [5.74, 6) is -2.22. The second-order valence-electron chi connectivity index (χ2n) is 5.38. The molecule has 0 unspecified atom stereocenters. The summed E-state index contributed by atoms with van der Waals surface area (Å²) in [6, 6.07) is 9.10. The Balaban J connectivity index is 2.18.